The molecule has 1 aromatic heterocycles. The zero-order valence-electron chi connectivity index (χ0n) is 8.71. The molecule has 1 unspecified atom stereocenters. The molecule has 4 heteroatoms. The van der Waals surface area contributed by atoms with Crippen molar-refractivity contribution in [1.82, 2.24) is 0 Å². The van der Waals surface area contributed by atoms with Crippen LogP contribution in [0, 0.1) is 6.92 Å². The van der Waals surface area contributed by atoms with E-state index in [0.29, 0.717) is 0 Å². The molecule has 2 rings (SSSR count). The topological polar surface area (TPSA) is 26.0 Å². The lowest BCUT2D eigenvalue weighted by atomic mass is 10.0. The van der Waals surface area contributed by atoms with Gasteiger partial charge in [0, 0.05) is 9.35 Å². The Hall–Kier alpha value is -0.160. The first-order chi connectivity index (χ1) is 7.58. The maximum atomic E-state index is 6.24. The number of hydrogen-bond donors (Lipinski definition) is 1. The van der Waals surface area contributed by atoms with E-state index < -0.39 is 0 Å². The van der Waals surface area contributed by atoms with Gasteiger partial charge >= 0.3 is 0 Å². The average molecular weight is 361 g/mol. The second-order valence-corrected chi connectivity index (χ2v) is 6.99. The molecule has 1 atom stereocenters. The Labute approximate surface area is 116 Å². The summed E-state index contributed by atoms with van der Waals surface area (Å²) < 4.78 is 2.19. The standard InChI is InChI=1S/C12H11Br2NS/c1-7-2-3-8(9(13)6-7)12(15)10-4-5-11(14)16-10/h2-6,12H,15H2,1H3. The molecule has 0 spiro atoms. The molecule has 16 heavy (non-hydrogen) atoms. The Morgan fingerprint density at radius 1 is 1.19 bits per heavy atom. The van der Waals surface area contributed by atoms with E-state index in [1.807, 2.05) is 6.07 Å². The fourth-order valence-corrected chi connectivity index (χ4v) is 3.72. The largest absolute Gasteiger partial charge is 0.320 e. The van der Waals surface area contributed by atoms with Gasteiger partial charge in [-0.2, -0.15) is 0 Å². The zero-order valence-corrected chi connectivity index (χ0v) is 12.7. The highest BCUT2D eigenvalue weighted by atomic mass is 79.9. The molecule has 1 heterocycles. The highest BCUT2D eigenvalue weighted by molar-refractivity contribution is 9.11. The van der Waals surface area contributed by atoms with Crippen molar-refractivity contribution in [3.63, 3.8) is 0 Å². The van der Waals surface area contributed by atoms with Crippen molar-refractivity contribution in [2.24, 2.45) is 5.73 Å². The molecule has 0 bridgehead atoms. The van der Waals surface area contributed by atoms with Crippen LogP contribution in [0.25, 0.3) is 0 Å². The number of nitrogens with two attached hydrogens (primary N) is 1. The van der Waals surface area contributed by atoms with Gasteiger partial charge in [0.2, 0.25) is 0 Å². The third-order valence-corrected chi connectivity index (χ3v) is 4.79. The molecular formula is C12H11Br2NS. The van der Waals surface area contributed by atoms with Gasteiger partial charge in [0.05, 0.1) is 9.83 Å². The maximum Gasteiger partial charge on any atom is 0.0702 e. The molecule has 1 aromatic carbocycles. The third kappa shape index (κ3) is 2.56. The van der Waals surface area contributed by atoms with E-state index in [4.69, 9.17) is 5.73 Å². The van der Waals surface area contributed by atoms with Crippen molar-refractivity contribution in [2.75, 3.05) is 0 Å². The van der Waals surface area contributed by atoms with E-state index in [0.717, 1.165) is 18.7 Å². The number of benzene rings is 1. The lowest BCUT2D eigenvalue weighted by Crippen LogP contribution is -2.10. The molecule has 1 nitrogen and oxygen atoms in total. The first-order valence-corrected chi connectivity index (χ1v) is 7.25. The fourth-order valence-electron chi connectivity index (χ4n) is 1.53. The number of halogens is 2. The smallest absolute Gasteiger partial charge is 0.0702 e. The first kappa shape index (κ1) is 12.3. The van der Waals surface area contributed by atoms with Crippen LogP contribution in [0.1, 0.15) is 22.0 Å². The van der Waals surface area contributed by atoms with Crippen LogP contribution in [-0.4, -0.2) is 0 Å². The Kier molecular flexibility index (Phi) is 3.85. The minimum atomic E-state index is -0.0636. The summed E-state index contributed by atoms with van der Waals surface area (Å²) in [6, 6.07) is 10.3. The van der Waals surface area contributed by atoms with Crippen LogP contribution in [0.3, 0.4) is 0 Å². The predicted octanol–water partition coefficient (Wildman–Crippen LogP) is 4.63. The minimum absolute atomic E-state index is 0.0636. The van der Waals surface area contributed by atoms with Crippen LogP contribution < -0.4 is 5.73 Å². The average Bonchev–Trinajstić information content (AvgIpc) is 2.64. The Morgan fingerprint density at radius 3 is 2.50 bits per heavy atom. The summed E-state index contributed by atoms with van der Waals surface area (Å²) in [5.74, 6) is 0. The van der Waals surface area contributed by atoms with E-state index in [9.17, 15) is 0 Å². The van der Waals surface area contributed by atoms with Gasteiger partial charge in [-0.15, -0.1) is 11.3 Å². The lowest BCUT2D eigenvalue weighted by molar-refractivity contribution is 0.886. The molecule has 2 N–H and O–H groups in total. The summed E-state index contributed by atoms with van der Waals surface area (Å²) >= 11 is 8.69. The van der Waals surface area contributed by atoms with E-state index in [2.05, 4.69) is 63.0 Å². The Bertz CT molecular complexity index is 507. The molecule has 0 aliphatic heterocycles. The minimum Gasteiger partial charge on any atom is -0.320 e. The molecule has 0 saturated heterocycles. The quantitative estimate of drug-likeness (QED) is 0.830. The molecule has 0 saturated carbocycles. The normalized spacial score (nSPS) is 12.8. The van der Waals surface area contributed by atoms with E-state index in [1.54, 1.807) is 11.3 Å². The van der Waals surface area contributed by atoms with Crippen LogP contribution in [-0.2, 0) is 0 Å². The number of rotatable bonds is 2. The highest BCUT2D eigenvalue weighted by Gasteiger charge is 2.13. The number of aryl methyl sites for hydroxylation is 1. The van der Waals surface area contributed by atoms with Gasteiger partial charge in [-0.3, -0.25) is 0 Å². The molecule has 0 aliphatic carbocycles. The number of hydrogen-bond acceptors (Lipinski definition) is 2. The van der Waals surface area contributed by atoms with E-state index in [1.165, 1.54) is 5.56 Å². The summed E-state index contributed by atoms with van der Waals surface area (Å²) in [4.78, 5) is 1.16. The molecular weight excluding hydrogens is 350 g/mol. The van der Waals surface area contributed by atoms with E-state index >= 15 is 0 Å². The Morgan fingerprint density at radius 2 is 1.94 bits per heavy atom. The third-order valence-electron chi connectivity index (χ3n) is 2.39. The van der Waals surface area contributed by atoms with Crippen molar-refractivity contribution in [1.29, 1.82) is 0 Å². The zero-order chi connectivity index (χ0) is 11.7. The molecule has 0 fully saturated rings. The summed E-state index contributed by atoms with van der Waals surface area (Å²) in [5, 5.41) is 0. The van der Waals surface area contributed by atoms with Gasteiger partial charge in [-0.05, 0) is 52.2 Å². The van der Waals surface area contributed by atoms with Crippen LogP contribution in [0.4, 0.5) is 0 Å². The summed E-state index contributed by atoms with van der Waals surface area (Å²) in [7, 11) is 0. The van der Waals surface area contributed by atoms with Gasteiger partial charge in [0.1, 0.15) is 0 Å². The lowest BCUT2D eigenvalue weighted by Gasteiger charge is -2.12. The monoisotopic (exact) mass is 359 g/mol. The molecule has 2 aromatic rings. The highest BCUT2D eigenvalue weighted by Crippen LogP contribution is 2.33. The summed E-state index contributed by atoms with van der Waals surface area (Å²) in [6.45, 7) is 2.07. The van der Waals surface area contributed by atoms with Crippen molar-refractivity contribution in [3.8, 4) is 0 Å². The molecule has 0 radical (unpaired) electrons. The SMILES string of the molecule is Cc1ccc(C(N)c2ccc(Br)s2)c(Br)c1. The van der Waals surface area contributed by atoms with Crippen LogP contribution in [0.15, 0.2) is 38.6 Å². The van der Waals surface area contributed by atoms with Gasteiger partial charge in [-0.1, -0.05) is 28.1 Å². The van der Waals surface area contributed by atoms with Gasteiger partial charge in [0.15, 0.2) is 0 Å². The van der Waals surface area contributed by atoms with Crippen LogP contribution >= 0.6 is 43.2 Å². The predicted molar refractivity (Wildman–Crippen MR) is 76.9 cm³/mol. The van der Waals surface area contributed by atoms with Crippen molar-refractivity contribution in [2.45, 2.75) is 13.0 Å². The second-order valence-electron chi connectivity index (χ2n) is 3.64. The Balaban J connectivity index is 2.37. The van der Waals surface area contributed by atoms with Gasteiger partial charge in [-0.25, -0.2) is 0 Å². The maximum absolute atomic E-state index is 6.24. The molecule has 84 valence electrons. The van der Waals surface area contributed by atoms with Crippen LogP contribution in [0.5, 0.6) is 0 Å². The van der Waals surface area contributed by atoms with Crippen molar-refractivity contribution in [3.05, 3.63) is 54.6 Å². The molecule has 0 amide bonds. The summed E-state index contributed by atoms with van der Waals surface area (Å²) in [6.07, 6.45) is 0. The van der Waals surface area contributed by atoms with E-state index in [-0.39, 0.29) is 6.04 Å². The van der Waals surface area contributed by atoms with Gasteiger partial charge in [0.25, 0.3) is 0 Å². The number of thiophene rings is 1. The van der Waals surface area contributed by atoms with Crippen molar-refractivity contribution < 1.29 is 0 Å². The van der Waals surface area contributed by atoms with Gasteiger partial charge < -0.3 is 5.73 Å². The summed E-state index contributed by atoms with van der Waals surface area (Å²) in [5.41, 5.74) is 8.60. The first-order valence-electron chi connectivity index (χ1n) is 4.85. The van der Waals surface area contributed by atoms with Crippen LogP contribution in [0.2, 0.25) is 0 Å². The molecule has 0 aliphatic rings. The second kappa shape index (κ2) is 5.00. The van der Waals surface area contributed by atoms with Crippen molar-refractivity contribution >= 4 is 43.2 Å². The fraction of sp³-hybridized carbons (Fsp3) is 0.167.